The average molecular weight is 414 g/mol. The fourth-order valence-corrected chi connectivity index (χ4v) is 4.76. The van der Waals surface area contributed by atoms with Gasteiger partial charge in [0.15, 0.2) is 11.9 Å². The minimum atomic E-state index is 0.210. The van der Waals surface area contributed by atoms with E-state index < -0.39 is 0 Å². The number of nitrogens with zero attached hydrogens (tertiary/aromatic N) is 5. The van der Waals surface area contributed by atoms with E-state index in [9.17, 15) is 4.79 Å². The third kappa shape index (κ3) is 3.02. The summed E-state index contributed by atoms with van der Waals surface area (Å²) < 4.78 is 7.35. The van der Waals surface area contributed by atoms with Gasteiger partial charge in [0.05, 0.1) is 11.9 Å². The molecule has 31 heavy (non-hydrogen) atoms. The first kappa shape index (κ1) is 18.3. The minimum absolute atomic E-state index is 0.210. The molecule has 3 aromatic heterocycles. The Balaban J connectivity index is 1.54. The number of aldehydes is 1. The molecular weight excluding hydrogens is 392 g/mol. The second-order valence-corrected chi connectivity index (χ2v) is 8.15. The Morgan fingerprint density at radius 2 is 1.90 bits per heavy atom. The van der Waals surface area contributed by atoms with E-state index in [0.29, 0.717) is 18.9 Å². The molecule has 0 unspecified atom stereocenters. The van der Waals surface area contributed by atoms with Gasteiger partial charge in [0.2, 0.25) is 0 Å². The van der Waals surface area contributed by atoms with Crippen molar-refractivity contribution in [2.24, 2.45) is 0 Å². The van der Waals surface area contributed by atoms with Crippen LogP contribution in [0.5, 0.6) is 0 Å². The van der Waals surface area contributed by atoms with Gasteiger partial charge in [-0.3, -0.25) is 9.89 Å². The van der Waals surface area contributed by atoms with Crippen molar-refractivity contribution in [3.63, 3.8) is 0 Å². The average Bonchev–Trinajstić information content (AvgIpc) is 3.56. The third-order valence-electron chi connectivity index (χ3n) is 6.34. The topological polar surface area (TPSA) is 88.4 Å². The van der Waals surface area contributed by atoms with Crippen LogP contribution in [0.1, 0.15) is 45.9 Å². The zero-order valence-electron chi connectivity index (χ0n) is 17.0. The van der Waals surface area contributed by atoms with E-state index in [0.717, 1.165) is 60.5 Å². The van der Waals surface area contributed by atoms with Gasteiger partial charge in [-0.15, -0.1) is 0 Å². The second kappa shape index (κ2) is 7.31. The van der Waals surface area contributed by atoms with Gasteiger partial charge < -0.3 is 9.64 Å². The van der Waals surface area contributed by atoms with E-state index in [2.05, 4.69) is 44.5 Å². The summed E-state index contributed by atoms with van der Waals surface area (Å²) in [5.41, 5.74) is 6.56. The number of aromatic nitrogens is 5. The monoisotopic (exact) mass is 414 g/mol. The van der Waals surface area contributed by atoms with Crippen LogP contribution in [0, 0.1) is 0 Å². The summed E-state index contributed by atoms with van der Waals surface area (Å²) in [5.74, 6) is 1.09. The lowest BCUT2D eigenvalue weighted by Crippen LogP contribution is -2.18. The Kier molecular flexibility index (Phi) is 4.31. The van der Waals surface area contributed by atoms with Crippen LogP contribution in [-0.4, -0.2) is 44.3 Å². The highest BCUT2D eigenvalue weighted by Gasteiger charge is 2.28. The van der Waals surface area contributed by atoms with Gasteiger partial charge >= 0.3 is 0 Å². The number of carbonyl (C=O) groups excluding carboxylic acids is 1. The summed E-state index contributed by atoms with van der Waals surface area (Å²) >= 11 is 0. The second-order valence-electron chi connectivity index (χ2n) is 8.15. The van der Waals surface area contributed by atoms with Gasteiger partial charge in [0.1, 0.15) is 11.5 Å². The van der Waals surface area contributed by atoms with Crippen molar-refractivity contribution in [2.45, 2.75) is 31.8 Å². The standard InChI is InChI=1S/C23H22N6O2/c30-14-19-22(15-5-7-31-8-6-15)23-26-21(28-12-16-3-1-2-4-17(16)13-28)9-20(29(23)27-19)18-10-24-25-11-18/h1-4,9-11,14-15H,5-8,12-13H2,(H,24,25). The maximum atomic E-state index is 12.0. The van der Waals surface area contributed by atoms with Gasteiger partial charge in [-0.1, -0.05) is 24.3 Å². The molecule has 0 radical (unpaired) electrons. The number of nitrogens with one attached hydrogen (secondary N) is 1. The van der Waals surface area contributed by atoms with Crippen molar-refractivity contribution in [1.29, 1.82) is 0 Å². The van der Waals surface area contributed by atoms with Gasteiger partial charge in [-0.25, -0.2) is 9.50 Å². The number of benzene rings is 1. The lowest BCUT2D eigenvalue weighted by molar-refractivity contribution is 0.0851. The predicted octanol–water partition coefficient (Wildman–Crippen LogP) is 3.35. The van der Waals surface area contributed by atoms with Crippen molar-refractivity contribution in [1.82, 2.24) is 24.8 Å². The van der Waals surface area contributed by atoms with Gasteiger partial charge in [0, 0.05) is 49.7 Å². The van der Waals surface area contributed by atoms with Crippen LogP contribution in [0.25, 0.3) is 16.9 Å². The molecule has 0 aliphatic carbocycles. The zero-order chi connectivity index (χ0) is 20.8. The first-order valence-corrected chi connectivity index (χ1v) is 10.6. The first-order valence-electron chi connectivity index (χ1n) is 10.6. The third-order valence-corrected chi connectivity index (χ3v) is 6.34. The molecule has 0 atom stereocenters. The normalized spacial score (nSPS) is 16.7. The van der Waals surface area contributed by atoms with E-state index >= 15 is 0 Å². The summed E-state index contributed by atoms with van der Waals surface area (Å²) in [6.45, 7) is 3.00. The largest absolute Gasteiger partial charge is 0.381 e. The molecule has 0 saturated carbocycles. The summed E-state index contributed by atoms with van der Waals surface area (Å²) in [6.07, 6.45) is 6.19. The van der Waals surface area contributed by atoms with Crippen molar-refractivity contribution < 1.29 is 9.53 Å². The van der Waals surface area contributed by atoms with Crippen molar-refractivity contribution in [3.8, 4) is 11.3 Å². The predicted molar refractivity (Wildman–Crippen MR) is 115 cm³/mol. The maximum Gasteiger partial charge on any atom is 0.170 e. The number of H-pyrrole nitrogens is 1. The molecule has 2 aliphatic heterocycles. The van der Waals surface area contributed by atoms with Gasteiger partial charge in [0.25, 0.3) is 0 Å². The van der Waals surface area contributed by atoms with Crippen LogP contribution in [-0.2, 0) is 17.8 Å². The minimum Gasteiger partial charge on any atom is -0.381 e. The van der Waals surface area contributed by atoms with Crippen LogP contribution in [0.15, 0.2) is 42.7 Å². The summed E-state index contributed by atoms with van der Waals surface area (Å²) in [5, 5.41) is 11.7. The van der Waals surface area contributed by atoms with Crippen LogP contribution >= 0.6 is 0 Å². The summed E-state index contributed by atoms with van der Waals surface area (Å²) in [6, 6.07) is 10.5. The zero-order valence-corrected chi connectivity index (χ0v) is 17.0. The number of aromatic amines is 1. The van der Waals surface area contributed by atoms with E-state index in [4.69, 9.17) is 9.72 Å². The summed E-state index contributed by atoms with van der Waals surface area (Å²) in [4.78, 5) is 19.3. The number of carbonyl (C=O) groups is 1. The van der Waals surface area contributed by atoms with Crippen LogP contribution in [0.3, 0.4) is 0 Å². The molecular formula is C23H22N6O2. The molecule has 5 heterocycles. The van der Waals surface area contributed by atoms with Crippen LogP contribution in [0.4, 0.5) is 5.82 Å². The molecule has 8 nitrogen and oxygen atoms in total. The molecule has 8 heteroatoms. The molecule has 1 fully saturated rings. The molecule has 0 bridgehead atoms. The maximum absolute atomic E-state index is 12.0. The van der Waals surface area contributed by atoms with E-state index in [-0.39, 0.29) is 5.92 Å². The Morgan fingerprint density at radius 3 is 2.58 bits per heavy atom. The van der Waals surface area contributed by atoms with Gasteiger partial charge in [-0.2, -0.15) is 10.2 Å². The fraction of sp³-hybridized carbons (Fsp3) is 0.304. The highest BCUT2D eigenvalue weighted by Crippen LogP contribution is 2.36. The molecule has 1 saturated heterocycles. The Morgan fingerprint density at radius 1 is 1.13 bits per heavy atom. The smallest absolute Gasteiger partial charge is 0.170 e. The van der Waals surface area contributed by atoms with E-state index in [1.54, 1.807) is 10.7 Å². The SMILES string of the molecule is O=Cc1nn2c(-c3cn[nH]c3)cc(N3Cc4ccccc4C3)nc2c1C1CCOCC1. The fourth-order valence-electron chi connectivity index (χ4n) is 4.76. The molecule has 0 amide bonds. The lowest BCUT2D eigenvalue weighted by atomic mass is 9.91. The molecule has 2 aliphatic rings. The molecule has 156 valence electrons. The quantitative estimate of drug-likeness (QED) is 0.515. The molecule has 0 spiro atoms. The Labute approximate surface area is 178 Å². The van der Waals surface area contributed by atoms with E-state index in [1.165, 1.54) is 11.1 Å². The van der Waals surface area contributed by atoms with Crippen LogP contribution in [0.2, 0.25) is 0 Å². The van der Waals surface area contributed by atoms with Crippen molar-refractivity contribution in [3.05, 3.63) is 65.1 Å². The number of rotatable bonds is 4. The number of fused-ring (bicyclic) bond motifs is 2. The number of ether oxygens (including phenoxy) is 1. The molecule has 6 rings (SSSR count). The number of anilines is 1. The Bertz CT molecular complexity index is 1230. The number of hydrogen-bond donors (Lipinski definition) is 1. The molecule has 4 aromatic rings. The molecule has 1 aromatic carbocycles. The van der Waals surface area contributed by atoms with Crippen molar-refractivity contribution in [2.75, 3.05) is 18.1 Å². The summed E-state index contributed by atoms with van der Waals surface area (Å²) in [7, 11) is 0. The van der Waals surface area contributed by atoms with Gasteiger partial charge in [-0.05, 0) is 29.9 Å². The van der Waals surface area contributed by atoms with Crippen molar-refractivity contribution >= 4 is 17.8 Å². The first-order chi connectivity index (χ1) is 15.3. The lowest BCUT2D eigenvalue weighted by Gasteiger charge is -2.22. The van der Waals surface area contributed by atoms with Crippen LogP contribution < -0.4 is 4.90 Å². The Hall–Kier alpha value is -3.52. The molecule has 1 N–H and O–H groups in total. The number of hydrogen-bond acceptors (Lipinski definition) is 6. The highest BCUT2D eigenvalue weighted by molar-refractivity contribution is 5.81. The van der Waals surface area contributed by atoms with E-state index in [1.807, 2.05) is 12.3 Å². The highest BCUT2D eigenvalue weighted by atomic mass is 16.5.